The largest absolute Gasteiger partial charge is 0.433 e. The highest BCUT2D eigenvalue weighted by Crippen LogP contribution is 2.37. The van der Waals surface area contributed by atoms with Gasteiger partial charge in [0.1, 0.15) is 5.69 Å². The summed E-state index contributed by atoms with van der Waals surface area (Å²) in [6.45, 7) is 1.05. The summed E-state index contributed by atoms with van der Waals surface area (Å²) in [5.41, 5.74) is 4.81. The maximum atomic E-state index is 12.5. The highest BCUT2D eigenvalue weighted by molar-refractivity contribution is 5.26. The van der Waals surface area contributed by atoms with Crippen LogP contribution in [0.4, 0.5) is 19.1 Å². The van der Waals surface area contributed by atoms with Gasteiger partial charge in [-0.2, -0.15) is 13.2 Å². The summed E-state index contributed by atoms with van der Waals surface area (Å²) in [4.78, 5) is 7.30. The van der Waals surface area contributed by atoms with E-state index in [1.54, 1.807) is 0 Å². The van der Waals surface area contributed by atoms with Crippen molar-refractivity contribution in [1.82, 2.24) is 9.97 Å². The molecule has 0 bridgehead atoms. The van der Waals surface area contributed by atoms with Crippen LogP contribution in [0, 0.1) is 5.41 Å². The van der Waals surface area contributed by atoms with Crippen molar-refractivity contribution in [2.24, 2.45) is 11.1 Å². The number of anilines is 1. The van der Waals surface area contributed by atoms with Gasteiger partial charge in [0.25, 0.3) is 0 Å². The van der Waals surface area contributed by atoms with E-state index >= 15 is 0 Å². The molecule has 7 heteroatoms. The minimum absolute atomic E-state index is 0.00884. The van der Waals surface area contributed by atoms with Gasteiger partial charge in [-0.05, 0) is 30.9 Å². The third-order valence-electron chi connectivity index (χ3n) is 3.66. The quantitative estimate of drug-likeness (QED) is 0.885. The summed E-state index contributed by atoms with van der Waals surface area (Å²) in [6.07, 6.45) is 0.885. The zero-order valence-corrected chi connectivity index (χ0v) is 10.5. The van der Waals surface area contributed by atoms with Gasteiger partial charge in [-0.15, -0.1) is 0 Å². The predicted octanol–water partition coefficient (Wildman–Crippen LogP) is 2.43. The summed E-state index contributed by atoms with van der Waals surface area (Å²) in [7, 11) is 0. The van der Waals surface area contributed by atoms with Crippen molar-refractivity contribution < 1.29 is 13.2 Å². The van der Waals surface area contributed by atoms with Crippen LogP contribution < -0.4 is 11.1 Å². The van der Waals surface area contributed by atoms with Gasteiger partial charge in [-0.3, -0.25) is 0 Å². The van der Waals surface area contributed by atoms with E-state index in [9.17, 15) is 13.2 Å². The van der Waals surface area contributed by atoms with E-state index in [0.717, 1.165) is 37.9 Å². The Labute approximate surface area is 109 Å². The summed E-state index contributed by atoms with van der Waals surface area (Å²) in [5, 5.41) is 2.89. The third kappa shape index (κ3) is 3.34. The molecule has 2 rings (SSSR count). The van der Waals surface area contributed by atoms with E-state index in [4.69, 9.17) is 5.73 Å². The molecule has 0 spiro atoms. The average molecular weight is 274 g/mol. The lowest BCUT2D eigenvalue weighted by molar-refractivity contribution is -0.141. The maximum absolute atomic E-state index is 12.5. The second-order valence-corrected chi connectivity index (χ2v) is 5.03. The molecular weight excluding hydrogens is 257 g/mol. The van der Waals surface area contributed by atoms with Gasteiger partial charge < -0.3 is 11.1 Å². The number of rotatable bonds is 4. The van der Waals surface area contributed by atoms with Crippen molar-refractivity contribution in [3.8, 4) is 0 Å². The van der Waals surface area contributed by atoms with Crippen LogP contribution in [0.1, 0.15) is 31.4 Å². The van der Waals surface area contributed by atoms with Crippen molar-refractivity contribution in [3.05, 3.63) is 18.0 Å². The highest BCUT2D eigenvalue weighted by Gasteiger charge is 2.34. The fourth-order valence-electron chi connectivity index (χ4n) is 2.45. The molecule has 1 heterocycles. The Kier molecular flexibility index (Phi) is 3.93. The van der Waals surface area contributed by atoms with E-state index in [0.29, 0.717) is 13.1 Å². The number of halogens is 3. The second kappa shape index (κ2) is 5.32. The number of nitrogens with one attached hydrogen (secondary N) is 1. The zero-order chi connectivity index (χ0) is 13.9. The van der Waals surface area contributed by atoms with E-state index in [1.807, 2.05) is 0 Å². The Morgan fingerprint density at radius 2 is 2.00 bits per heavy atom. The highest BCUT2D eigenvalue weighted by atomic mass is 19.4. The fraction of sp³-hybridized carbons (Fsp3) is 0.667. The van der Waals surface area contributed by atoms with E-state index in [1.165, 1.54) is 0 Å². The third-order valence-corrected chi connectivity index (χ3v) is 3.66. The van der Waals surface area contributed by atoms with Gasteiger partial charge in [0.05, 0.1) is 0 Å². The Morgan fingerprint density at radius 1 is 1.32 bits per heavy atom. The van der Waals surface area contributed by atoms with Crippen molar-refractivity contribution in [1.29, 1.82) is 0 Å². The first-order valence-corrected chi connectivity index (χ1v) is 6.29. The standard InChI is InChI=1S/C12H17F3N4/c13-12(14,15)9-3-6-17-10(19-9)18-8-11(7-16)4-1-2-5-11/h3,6H,1-2,4-5,7-8,16H2,(H,17,18,19). The van der Waals surface area contributed by atoms with Crippen molar-refractivity contribution in [2.45, 2.75) is 31.9 Å². The van der Waals surface area contributed by atoms with Crippen LogP contribution in [0.2, 0.25) is 0 Å². The number of nitrogens with two attached hydrogens (primary N) is 1. The van der Waals surface area contributed by atoms with Crippen molar-refractivity contribution >= 4 is 5.95 Å². The first kappa shape index (κ1) is 14.0. The van der Waals surface area contributed by atoms with Crippen LogP contribution in [0.3, 0.4) is 0 Å². The molecule has 0 atom stereocenters. The molecule has 1 fully saturated rings. The van der Waals surface area contributed by atoms with Crippen LogP contribution in [0.15, 0.2) is 12.3 Å². The van der Waals surface area contributed by atoms with Crippen molar-refractivity contribution in [3.63, 3.8) is 0 Å². The predicted molar refractivity (Wildman–Crippen MR) is 65.5 cm³/mol. The average Bonchev–Trinajstić information content (AvgIpc) is 2.85. The number of hydrogen-bond acceptors (Lipinski definition) is 4. The first-order chi connectivity index (χ1) is 8.95. The molecule has 4 nitrogen and oxygen atoms in total. The van der Waals surface area contributed by atoms with Gasteiger partial charge in [0.15, 0.2) is 0 Å². The molecule has 1 aliphatic rings. The van der Waals surface area contributed by atoms with E-state index in [2.05, 4.69) is 15.3 Å². The van der Waals surface area contributed by atoms with Gasteiger partial charge in [-0.1, -0.05) is 12.8 Å². The van der Waals surface area contributed by atoms with E-state index < -0.39 is 11.9 Å². The van der Waals surface area contributed by atoms with Gasteiger partial charge in [0, 0.05) is 12.7 Å². The van der Waals surface area contributed by atoms with Crippen LogP contribution in [-0.4, -0.2) is 23.1 Å². The number of alkyl halides is 3. The smallest absolute Gasteiger partial charge is 0.354 e. The van der Waals surface area contributed by atoms with Crippen LogP contribution >= 0.6 is 0 Å². The Bertz CT molecular complexity index is 427. The van der Waals surface area contributed by atoms with Crippen LogP contribution in [-0.2, 0) is 6.18 Å². The lowest BCUT2D eigenvalue weighted by Gasteiger charge is -2.27. The molecule has 1 aliphatic carbocycles. The zero-order valence-electron chi connectivity index (χ0n) is 10.5. The van der Waals surface area contributed by atoms with Gasteiger partial charge >= 0.3 is 6.18 Å². The molecule has 0 radical (unpaired) electrons. The summed E-state index contributed by atoms with van der Waals surface area (Å²) >= 11 is 0. The second-order valence-electron chi connectivity index (χ2n) is 5.03. The van der Waals surface area contributed by atoms with Crippen LogP contribution in [0.25, 0.3) is 0 Å². The van der Waals surface area contributed by atoms with Crippen LogP contribution in [0.5, 0.6) is 0 Å². The molecule has 0 aliphatic heterocycles. The molecule has 0 saturated heterocycles. The molecule has 0 unspecified atom stereocenters. The molecule has 19 heavy (non-hydrogen) atoms. The minimum atomic E-state index is -4.45. The molecule has 1 saturated carbocycles. The number of hydrogen-bond donors (Lipinski definition) is 2. The SMILES string of the molecule is NCC1(CNc2nccc(C(F)(F)F)n2)CCCC1. The lowest BCUT2D eigenvalue weighted by atomic mass is 9.86. The summed E-state index contributed by atoms with van der Waals surface area (Å²) in [6, 6.07) is 0.861. The van der Waals surface area contributed by atoms with Gasteiger partial charge in [0.2, 0.25) is 5.95 Å². The number of aromatic nitrogens is 2. The molecule has 0 aromatic carbocycles. The normalized spacial score (nSPS) is 18.5. The lowest BCUT2D eigenvalue weighted by Crippen LogP contribution is -2.35. The molecule has 1 aromatic heterocycles. The molecule has 0 amide bonds. The minimum Gasteiger partial charge on any atom is -0.354 e. The summed E-state index contributed by atoms with van der Waals surface area (Å²) in [5.74, 6) is 0.00884. The topological polar surface area (TPSA) is 63.8 Å². The molecule has 106 valence electrons. The fourth-order valence-corrected chi connectivity index (χ4v) is 2.45. The van der Waals surface area contributed by atoms with E-state index in [-0.39, 0.29) is 11.4 Å². The monoisotopic (exact) mass is 274 g/mol. The Balaban J connectivity index is 2.03. The number of nitrogens with zero attached hydrogens (tertiary/aromatic N) is 2. The Hall–Kier alpha value is -1.37. The Morgan fingerprint density at radius 3 is 2.58 bits per heavy atom. The van der Waals surface area contributed by atoms with Gasteiger partial charge in [-0.25, -0.2) is 9.97 Å². The molecular formula is C12H17F3N4. The molecule has 1 aromatic rings. The van der Waals surface area contributed by atoms with Crippen molar-refractivity contribution in [2.75, 3.05) is 18.4 Å². The first-order valence-electron chi connectivity index (χ1n) is 6.29. The maximum Gasteiger partial charge on any atom is 0.433 e. The molecule has 3 N–H and O–H groups in total. The summed E-state index contributed by atoms with van der Waals surface area (Å²) < 4.78 is 37.5.